The van der Waals surface area contributed by atoms with Crippen molar-refractivity contribution in [2.45, 2.75) is 11.7 Å². The fourth-order valence-electron chi connectivity index (χ4n) is 1.64. The first kappa shape index (κ1) is 16.5. The molecule has 1 fully saturated rings. The summed E-state index contributed by atoms with van der Waals surface area (Å²) in [6, 6.07) is 3.22. The Hall–Kier alpha value is -2.82. The largest absolute Gasteiger partial charge is 0.481 e. The van der Waals surface area contributed by atoms with Gasteiger partial charge in [-0.1, -0.05) is 11.8 Å². The van der Waals surface area contributed by atoms with E-state index in [2.05, 4.69) is 15.5 Å². The molecule has 1 amide bonds. The van der Waals surface area contributed by atoms with Gasteiger partial charge in [0.15, 0.2) is 5.17 Å². The average Bonchev–Trinajstić information content (AvgIpc) is 2.78. The topological polar surface area (TPSA) is 134 Å². The maximum atomic E-state index is 13.4. The molecule has 1 aliphatic rings. The molecule has 1 saturated heterocycles. The lowest BCUT2D eigenvalue weighted by Gasteiger charge is -1.97. The number of hydrogen-bond acceptors (Lipinski definition) is 7. The lowest BCUT2D eigenvalue weighted by Crippen LogP contribution is -2.26. The molecule has 1 unspecified atom stereocenters. The summed E-state index contributed by atoms with van der Waals surface area (Å²) in [5.41, 5.74) is -0.405. The van der Waals surface area contributed by atoms with Crippen molar-refractivity contribution in [1.29, 1.82) is 0 Å². The van der Waals surface area contributed by atoms with Gasteiger partial charge in [-0.15, -0.1) is 5.10 Å². The van der Waals surface area contributed by atoms with E-state index in [1.165, 1.54) is 6.07 Å². The molecule has 1 aromatic carbocycles. The van der Waals surface area contributed by atoms with Gasteiger partial charge >= 0.3 is 11.7 Å². The number of rotatable bonds is 5. The fourth-order valence-corrected chi connectivity index (χ4v) is 2.56. The van der Waals surface area contributed by atoms with Crippen molar-refractivity contribution in [3.05, 3.63) is 39.7 Å². The third-order valence-corrected chi connectivity index (χ3v) is 3.73. The highest BCUT2D eigenvalue weighted by atomic mass is 32.2. The second-order valence-corrected chi connectivity index (χ2v) is 5.50. The van der Waals surface area contributed by atoms with Crippen LogP contribution in [0.2, 0.25) is 0 Å². The quantitative estimate of drug-likeness (QED) is 0.469. The molecule has 0 radical (unpaired) electrons. The number of hydrogen-bond donors (Lipinski definition) is 2. The lowest BCUT2D eigenvalue weighted by atomic mass is 10.2. The minimum atomic E-state index is -1.11. The van der Waals surface area contributed by atoms with Gasteiger partial charge in [-0.05, 0) is 17.7 Å². The molecule has 11 heteroatoms. The number of carboxylic acid groups (broad SMARTS) is 1. The minimum absolute atomic E-state index is 0.125. The monoisotopic (exact) mass is 340 g/mol. The fraction of sp³-hybridized carbons (Fsp3) is 0.167. The van der Waals surface area contributed by atoms with Gasteiger partial charge in [-0.25, -0.2) is 0 Å². The number of amides is 1. The molecule has 0 aliphatic carbocycles. The highest BCUT2D eigenvalue weighted by molar-refractivity contribution is 8.15. The van der Waals surface area contributed by atoms with E-state index in [1.54, 1.807) is 0 Å². The zero-order chi connectivity index (χ0) is 17.0. The normalized spacial score (nSPS) is 19.3. The molecule has 2 rings (SSSR count). The molecule has 0 saturated carbocycles. The van der Waals surface area contributed by atoms with E-state index in [0.29, 0.717) is 0 Å². The first-order chi connectivity index (χ1) is 10.9. The van der Waals surface area contributed by atoms with Gasteiger partial charge in [-0.2, -0.15) is 9.49 Å². The number of benzene rings is 1. The van der Waals surface area contributed by atoms with Gasteiger partial charge in [0.05, 0.1) is 17.6 Å². The Morgan fingerprint density at radius 2 is 2.30 bits per heavy atom. The van der Waals surface area contributed by atoms with Crippen molar-refractivity contribution in [3.8, 4) is 0 Å². The summed E-state index contributed by atoms with van der Waals surface area (Å²) in [7, 11) is 0. The van der Waals surface area contributed by atoms with E-state index in [0.717, 1.165) is 30.1 Å². The van der Waals surface area contributed by atoms with E-state index < -0.39 is 33.6 Å². The van der Waals surface area contributed by atoms with Crippen LogP contribution < -0.4 is 5.32 Å². The van der Waals surface area contributed by atoms with Crippen LogP contribution in [0.3, 0.4) is 0 Å². The molecule has 23 heavy (non-hydrogen) atoms. The van der Waals surface area contributed by atoms with Gasteiger partial charge in [0.2, 0.25) is 11.7 Å². The lowest BCUT2D eigenvalue weighted by molar-refractivity contribution is -0.387. The number of nitrogens with zero attached hydrogens (tertiary/aromatic N) is 3. The third-order valence-electron chi connectivity index (χ3n) is 2.66. The number of nitro groups is 1. The summed E-state index contributed by atoms with van der Waals surface area (Å²) >= 11 is 0.923. The summed E-state index contributed by atoms with van der Waals surface area (Å²) in [5.74, 6) is -2.59. The molecule has 9 nitrogen and oxygen atoms in total. The van der Waals surface area contributed by atoms with Crippen LogP contribution in [0.4, 0.5) is 10.1 Å². The van der Waals surface area contributed by atoms with E-state index in [9.17, 15) is 24.1 Å². The SMILES string of the molecule is O=C(O)CC1SC(=NN=Cc2ccc([N+](=O)[O-])c(F)c2)NC1=O. The number of nitro benzene ring substituents is 1. The molecule has 1 heterocycles. The Labute approximate surface area is 132 Å². The zero-order valence-corrected chi connectivity index (χ0v) is 12.1. The van der Waals surface area contributed by atoms with Crippen LogP contribution in [0.1, 0.15) is 12.0 Å². The maximum absolute atomic E-state index is 13.4. The maximum Gasteiger partial charge on any atom is 0.305 e. The van der Waals surface area contributed by atoms with Crippen molar-refractivity contribution >= 4 is 40.7 Å². The predicted octanol–water partition coefficient (Wildman–Crippen LogP) is 1.13. The van der Waals surface area contributed by atoms with Crippen molar-refractivity contribution < 1.29 is 24.0 Å². The number of halogens is 1. The smallest absolute Gasteiger partial charge is 0.305 e. The molecule has 2 N–H and O–H groups in total. The molecule has 0 spiro atoms. The number of carbonyl (C=O) groups excluding carboxylic acids is 1. The van der Waals surface area contributed by atoms with Crippen molar-refractivity contribution in [3.63, 3.8) is 0 Å². The van der Waals surface area contributed by atoms with Crippen LogP contribution in [0.5, 0.6) is 0 Å². The number of carboxylic acids is 1. The molecule has 1 aliphatic heterocycles. The second-order valence-electron chi connectivity index (χ2n) is 4.31. The van der Waals surface area contributed by atoms with Crippen molar-refractivity contribution in [2.24, 2.45) is 10.2 Å². The van der Waals surface area contributed by atoms with Gasteiger partial charge in [0.25, 0.3) is 0 Å². The van der Waals surface area contributed by atoms with Crippen molar-refractivity contribution in [1.82, 2.24) is 5.32 Å². The summed E-state index contributed by atoms with van der Waals surface area (Å²) in [6.07, 6.45) is 0.809. The summed E-state index contributed by atoms with van der Waals surface area (Å²) in [6.45, 7) is 0. The minimum Gasteiger partial charge on any atom is -0.481 e. The number of nitrogens with one attached hydrogen (secondary N) is 1. The van der Waals surface area contributed by atoms with Crippen LogP contribution in [0.15, 0.2) is 28.4 Å². The number of amidine groups is 1. The van der Waals surface area contributed by atoms with Gasteiger partial charge in [-0.3, -0.25) is 19.7 Å². The van der Waals surface area contributed by atoms with E-state index in [4.69, 9.17) is 5.11 Å². The molecule has 0 bridgehead atoms. The summed E-state index contributed by atoms with van der Waals surface area (Å²) < 4.78 is 13.4. The Morgan fingerprint density at radius 1 is 1.57 bits per heavy atom. The number of carbonyl (C=O) groups is 2. The Balaban J connectivity index is 2.04. The van der Waals surface area contributed by atoms with E-state index >= 15 is 0 Å². The number of aliphatic carboxylic acids is 1. The average molecular weight is 340 g/mol. The van der Waals surface area contributed by atoms with Gasteiger partial charge in [0, 0.05) is 6.07 Å². The molecule has 1 atom stereocenters. The zero-order valence-electron chi connectivity index (χ0n) is 11.3. The van der Waals surface area contributed by atoms with Crippen LogP contribution >= 0.6 is 11.8 Å². The first-order valence-corrected chi connectivity index (χ1v) is 6.99. The van der Waals surface area contributed by atoms with E-state index in [-0.39, 0.29) is 17.2 Å². The highest BCUT2D eigenvalue weighted by Crippen LogP contribution is 2.22. The summed E-state index contributed by atoms with van der Waals surface area (Å²) in [4.78, 5) is 31.7. The molecule has 1 aromatic rings. The Bertz CT molecular complexity index is 736. The Kier molecular flexibility index (Phi) is 5.01. The molecular weight excluding hydrogens is 331 g/mol. The standard InChI is InChI=1S/C12H9FN4O5S/c13-7-3-6(1-2-8(7)17(21)22)5-14-16-12-15-11(20)9(23-12)4-10(18)19/h1-3,5,9H,4H2,(H,18,19)(H,15,16,20). The highest BCUT2D eigenvalue weighted by Gasteiger charge is 2.32. The predicted molar refractivity (Wildman–Crippen MR) is 79.9 cm³/mol. The molecule has 120 valence electrons. The summed E-state index contributed by atoms with van der Waals surface area (Å²) in [5, 5.41) is 28.2. The first-order valence-electron chi connectivity index (χ1n) is 6.11. The third kappa shape index (κ3) is 4.32. The molecule has 0 aromatic heterocycles. The van der Waals surface area contributed by atoms with Crippen LogP contribution in [0.25, 0.3) is 0 Å². The number of thioether (sulfide) groups is 1. The van der Waals surface area contributed by atoms with E-state index in [1.807, 2.05) is 0 Å². The van der Waals surface area contributed by atoms with Crippen LogP contribution in [-0.2, 0) is 9.59 Å². The van der Waals surface area contributed by atoms with Gasteiger partial charge < -0.3 is 10.4 Å². The van der Waals surface area contributed by atoms with Gasteiger partial charge in [0.1, 0.15) is 5.25 Å². The Morgan fingerprint density at radius 3 is 2.91 bits per heavy atom. The van der Waals surface area contributed by atoms with Crippen molar-refractivity contribution in [2.75, 3.05) is 0 Å². The van der Waals surface area contributed by atoms with Crippen LogP contribution in [0, 0.1) is 15.9 Å². The second kappa shape index (κ2) is 6.96. The van der Waals surface area contributed by atoms with Crippen LogP contribution in [-0.4, -0.2) is 38.5 Å². The molecular formula is C12H9FN4O5S.